The molecule has 0 aliphatic rings. The molecule has 0 bridgehead atoms. The normalized spacial score (nSPS) is 11.9. The smallest absolute Gasteiger partial charge is 0.325 e. The lowest BCUT2D eigenvalue weighted by molar-refractivity contribution is -0.138. The molecule has 1 aromatic heterocycles. The van der Waals surface area contributed by atoms with Crippen LogP contribution in [0.3, 0.4) is 0 Å². The summed E-state index contributed by atoms with van der Waals surface area (Å²) in [5.41, 5.74) is -0.530. The monoisotopic (exact) mass is 271 g/mol. The van der Waals surface area contributed by atoms with Crippen LogP contribution in [0.25, 0.3) is 0 Å². The highest BCUT2D eigenvalue weighted by atomic mass is 32.2. The zero-order chi connectivity index (χ0) is 13.7. The van der Waals surface area contributed by atoms with Gasteiger partial charge in [-0.2, -0.15) is 11.8 Å². The average Bonchev–Trinajstić information content (AvgIpc) is 2.28. The predicted molar refractivity (Wildman–Crippen MR) is 66.6 cm³/mol. The molecule has 8 heteroatoms. The molecule has 0 saturated heterocycles. The summed E-state index contributed by atoms with van der Waals surface area (Å²) in [5.74, 6) is -0.996. The van der Waals surface area contributed by atoms with E-state index >= 15 is 0 Å². The van der Waals surface area contributed by atoms with Crippen molar-refractivity contribution in [1.29, 1.82) is 0 Å². The van der Waals surface area contributed by atoms with Gasteiger partial charge in [-0.15, -0.1) is 0 Å². The second kappa shape index (κ2) is 6.20. The van der Waals surface area contributed by atoms with Gasteiger partial charge in [-0.25, -0.2) is 4.98 Å². The van der Waals surface area contributed by atoms with Crippen LogP contribution in [0, 0.1) is 0 Å². The van der Waals surface area contributed by atoms with E-state index in [4.69, 9.17) is 5.11 Å². The van der Waals surface area contributed by atoms with Crippen molar-refractivity contribution in [2.45, 2.75) is 18.7 Å². The average molecular weight is 271 g/mol. The molecule has 0 radical (unpaired) electrons. The van der Waals surface area contributed by atoms with Gasteiger partial charge < -0.3 is 15.4 Å². The Kier molecular flexibility index (Phi) is 4.90. The van der Waals surface area contributed by atoms with Crippen LogP contribution >= 0.6 is 11.8 Å². The lowest BCUT2D eigenvalue weighted by Crippen LogP contribution is -2.39. The summed E-state index contributed by atoms with van der Waals surface area (Å²) in [6, 6.07) is -0.00382. The second-order valence-electron chi connectivity index (χ2n) is 3.54. The number of hydrogen-bond donors (Lipinski definition) is 3. The van der Waals surface area contributed by atoms with Crippen molar-refractivity contribution in [2.75, 3.05) is 6.26 Å². The Hall–Kier alpha value is -1.83. The van der Waals surface area contributed by atoms with Crippen molar-refractivity contribution in [3.8, 4) is 0 Å². The Morgan fingerprint density at radius 1 is 1.61 bits per heavy atom. The van der Waals surface area contributed by atoms with E-state index in [2.05, 4.69) is 15.3 Å². The number of carbonyl (C=O) groups excluding carboxylic acids is 1. The van der Waals surface area contributed by atoms with Crippen molar-refractivity contribution < 1.29 is 14.7 Å². The number of H-pyrrole nitrogens is 1. The van der Waals surface area contributed by atoms with Gasteiger partial charge in [0, 0.05) is 6.07 Å². The fourth-order valence-electron chi connectivity index (χ4n) is 1.16. The first-order chi connectivity index (χ1) is 8.43. The van der Waals surface area contributed by atoms with E-state index in [0.717, 1.165) is 6.07 Å². The molecule has 0 saturated carbocycles. The van der Waals surface area contributed by atoms with Gasteiger partial charge in [-0.3, -0.25) is 14.4 Å². The first kappa shape index (κ1) is 14.2. The molecule has 0 aliphatic carbocycles. The lowest BCUT2D eigenvalue weighted by atomic mass is 10.3. The fraction of sp³-hybridized carbons (Fsp3) is 0.400. The van der Waals surface area contributed by atoms with Gasteiger partial charge in [0.05, 0.1) is 5.75 Å². The number of aromatic nitrogens is 2. The molecular formula is C10H13N3O4S. The summed E-state index contributed by atoms with van der Waals surface area (Å²) in [4.78, 5) is 40.0. The number of carboxylic acid groups (broad SMARTS) is 1. The summed E-state index contributed by atoms with van der Waals surface area (Å²) in [6.45, 7) is 1.33. The molecule has 0 fully saturated rings. The first-order valence-electron chi connectivity index (χ1n) is 5.07. The molecule has 18 heavy (non-hydrogen) atoms. The molecule has 1 heterocycles. The number of hydrogen-bond acceptors (Lipinski definition) is 5. The largest absolute Gasteiger partial charge is 0.480 e. The van der Waals surface area contributed by atoms with Gasteiger partial charge in [0.1, 0.15) is 17.6 Å². The van der Waals surface area contributed by atoms with E-state index in [1.54, 1.807) is 0 Å². The van der Waals surface area contributed by atoms with Crippen LogP contribution in [0.2, 0.25) is 0 Å². The maximum atomic E-state index is 11.7. The molecule has 3 N–H and O–H groups in total. The minimum atomic E-state index is -1.16. The van der Waals surface area contributed by atoms with Crippen molar-refractivity contribution in [3.63, 3.8) is 0 Å². The van der Waals surface area contributed by atoms with E-state index < -0.39 is 23.5 Å². The Balaban J connectivity index is 2.92. The van der Waals surface area contributed by atoms with Crippen LogP contribution in [0.1, 0.15) is 23.2 Å². The van der Waals surface area contributed by atoms with E-state index in [1.807, 2.05) is 6.26 Å². The summed E-state index contributed by atoms with van der Waals surface area (Å²) in [7, 11) is 0. The van der Waals surface area contributed by atoms with Gasteiger partial charge in [0.25, 0.3) is 11.5 Å². The molecule has 7 nitrogen and oxygen atoms in total. The molecule has 1 amide bonds. The third kappa shape index (κ3) is 3.88. The number of aliphatic carboxylic acids is 1. The minimum absolute atomic E-state index is 0.0871. The molecule has 0 aliphatic heterocycles. The number of carbonyl (C=O) groups is 2. The van der Waals surface area contributed by atoms with Crippen LogP contribution in [0.5, 0.6) is 0 Å². The fourth-order valence-corrected chi connectivity index (χ4v) is 1.57. The minimum Gasteiger partial charge on any atom is -0.480 e. The highest BCUT2D eigenvalue weighted by Gasteiger charge is 2.17. The van der Waals surface area contributed by atoms with Crippen LogP contribution in [0.15, 0.2) is 10.9 Å². The Morgan fingerprint density at radius 3 is 2.83 bits per heavy atom. The molecule has 1 unspecified atom stereocenters. The van der Waals surface area contributed by atoms with E-state index in [0.29, 0.717) is 11.6 Å². The first-order valence-corrected chi connectivity index (χ1v) is 6.46. The molecule has 0 aromatic carbocycles. The number of nitrogens with one attached hydrogen (secondary N) is 2. The van der Waals surface area contributed by atoms with Crippen molar-refractivity contribution in [3.05, 3.63) is 27.9 Å². The van der Waals surface area contributed by atoms with Crippen LogP contribution in [-0.4, -0.2) is 39.2 Å². The third-order valence-corrected chi connectivity index (χ3v) is 2.58. The van der Waals surface area contributed by atoms with E-state index in [9.17, 15) is 14.4 Å². The zero-order valence-corrected chi connectivity index (χ0v) is 10.7. The Morgan fingerprint density at radius 2 is 2.28 bits per heavy atom. The van der Waals surface area contributed by atoms with Gasteiger partial charge in [-0.05, 0) is 13.2 Å². The van der Waals surface area contributed by atoms with Crippen LogP contribution in [-0.2, 0) is 10.5 Å². The number of aromatic amines is 1. The number of thioether (sulfide) groups is 1. The van der Waals surface area contributed by atoms with Gasteiger partial charge >= 0.3 is 5.97 Å². The Bertz CT molecular complexity index is 514. The van der Waals surface area contributed by atoms with Gasteiger partial charge in [0.15, 0.2) is 0 Å². The summed E-state index contributed by atoms with van der Waals surface area (Å²) >= 11 is 1.44. The van der Waals surface area contributed by atoms with Crippen molar-refractivity contribution in [2.24, 2.45) is 0 Å². The Labute approximate surface area is 107 Å². The highest BCUT2D eigenvalue weighted by Crippen LogP contribution is 2.02. The standard InChI is InChI=1S/C10H13N3O4S/c1-5(10(16)17)11-9(15)6-3-8(14)13-7(12-6)4-18-2/h3,5H,4H2,1-2H3,(H,11,15)(H,16,17)(H,12,13,14). The van der Waals surface area contributed by atoms with E-state index in [-0.39, 0.29) is 5.69 Å². The molecular weight excluding hydrogens is 258 g/mol. The highest BCUT2D eigenvalue weighted by molar-refractivity contribution is 7.97. The van der Waals surface area contributed by atoms with Crippen molar-refractivity contribution >= 4 is 23.6 Å². The molecule has 98 valence electrons. The quantitative estimate of drug-likeness (QED) is 0.685. The summed E-state index contributed by atoms with van der Waals surface area (Å²) < 4.78 is 0. The number of nitrogens with zero attached hydrogens (tertiary/aromatic N) is 1. The van der Waals surface area contributed by atoms with Gasteiger partial charge in [0.2, 0.25) is 0 Å². The van der Waals surface area contributed by atoms with E-state index in [1.165, 1.54) is 18.7 Å². The molecule has 1 rings (SSSR count). The van der Waals surface area contributed by atoms with Crippen LogP contribution < -0.4 is 10.9 Å². The topological polar surface area (TPSA) is 112 Å². The number of amides is 1. The predicted octanol–water partition coefficient (Wildman–Crippen LogP) is -0.164. The molecule has 0 spiro atoms. The summed E-state index contributed by atoms with van der Waals surface area (Å²) in [5, 5.41) is 10.9. The summed E-state index contributed by atoms with van der Waals surface area (Å²) in [6.07, 6.45) is 1.83. The van der Waals surface area contributed by atoms with Crippen LogP contribution in [0.4, 0.5) is 0 Å². The SMILES string of the molecule is CSCc1nc(C(=O)NC(C)C(=O)O)cc(=O)[nH]1. The maximum Gasteiger partial charge on any atom is 0.325 e. The number of rotatable bonds is 5. The maximum absolute atomic E-state index is 11.7. The van der Waals surface area contributed by atoms with Crippen molar-refractivity contribution in [1.82, 2.24) is 15.3 Å². The molecule has 1 atom stereocenters. The lowest BCUT2D eigenvalue weighted by Gasteiger charge is -2.08. The second-order valence-corrected chi connectivity index (χ2v) is 4.41. The molecule has 1 aromatic rings. The zero-order valence-electron chi connectivity index (χ0n) is 9.89. The number of carboxylic acids is 1. The van der Waals surface area contributed by atoms with Gasteiger partial charge in [-0.1, -0.05) is 0 Å². The third-order valence-electron chi connectivity index (χ3n) is 2.02.